The smallest absolute Gasteiger partial charge is 0.306 e. The largest absolute Gasteiger partial charge is 0.310 e. The maximum Gasteiger partial charge on any atom is 0.306 e. The summed E-state index contributed by atoms with van der Waals surface area (Å²) in [5.74, 6) is 5.19. The molecule has 1 aliphatic carbocycles. The van der Waals surface area contributed by atoms with Crippen LogP contribution in [0.3, 0.4) is 0 Å². The number of nitrogens with two attached hydrogens (primary N) is 1. The predicted molar refractivity (Wildman–Crippen MR) is 76.0 cm³/mol. The molecule has 1 heterocycles. The summed E-state index contributed by atoms with van der Waals surface area (Å²) < 4.78 is 26.2. The summed E-state index contributed by atoms with van der Waals surface area (Å²) in [5.41, 5.74) is 1.85. The van der Waals surface area contributed by atoms with E-state index in [9.17, 15) is 18.5 Å². The molecule has 0 bridgehead atoms. The van der Waals surface area contributed by atoms with Gasteiger partial charge in [-0.15, -0.1) is 0 Å². The number of nitrogens with zero attached hydrogens (tertiary/aromatic N) is 2. The summed E-state index contributed by atoms with van der Waals surface area (Å²) in [5, 5.41) is 10.9. The topological polar surface area (TPSA) is 119 Å². The molecule has 8 nitrogen and oxygen atoms in total. The van der Waals surface area contributed by atoms with Crippen LogP contribution in [0, 0.1) is 10.1 Å². The highest BCUT2D eigenvalue weighted by molar-refractivity contribution is 7.91. The third-order valence-corrected chi connectivity index (χ3v) is 6.90. The summed E-state index contributed by atoms with van der Waals surface area (Å²) in [6.07, 6.45) is 3.66. The number of hydrazine groups is 1. The van der Waals surface area contributed by atoms with Crippen molar-refractivity contribution in [3.05, 3.63) is 16.2 Å². The first-order valence-corrected chi connectivity index (χ1v) is 8.36. The molecule has 3 N–H and O–H groups in total. The highest BCUT2D eigenvalue weighted by Crippen LogP contribution is 2.38. The number of anilines is 1. The van der Waals surface area contributed by atoms with E-state index in [0.717, 1.165) is 43.1 Å². The Kier molecular flexibility index (Phi) is 4.28. The first-order valence-electron chi connectivity index (χ1n) is 6.10. The molecule has 0 aromatic carbocycles. The lowest BCUT2D eigenvalue weighted by Gasteiger charge is -2.22. The van der Waals surface area contributed by atoms with Crippen LogP contribution in [0.4, 0.5) is 10.7 Å². The van der Waals surface area contributed by atoms with E-state index in [4.69, 9.17) is 5.84 Å². The minimum atomic E-state index is -3.72. The number of sulfonamides is 1. The van der Waals surface area contributed by atoms with Crippen molar-refractivity contribution in [2.75, 3.05) is 12.5 Å². The zero-order valence-electron chi connectivity index (χ0n) is 10.9. The van der Waals surface area contributed by atoms with Crippen LogP contribution >= 0.6 is 11.3 Å². The van der Waals surface area contributed by atoms with Crippen LogP contribution in [0.1, 0.15) is 25.7 Å². The van der Waals surface area contributed by atoms with Gasteiger partial charge in [-0.3, -0.25) is 10.1 Å². The van der Waals surface area contributed by atoms with Crippen LogP contribution in [-0.2, 0) is 10.0 Å². The molecule has 1 saturated carbocycles. The zero-order chi connectivity index (χ0) is 14.9. The normalized spacial score (nSPS) is 16.8. The number of rotatable bonds is 5. The van der Waals surface area contributed by atoms with Gasteiger partial charge in [0, 0.05) is 19.2 Å². The van der Waals surface area contributed by atoms with Gasteiger partial charge in [0.25, 0.3) is 10.0 Å². The monoisotopic (exact) mass is 320 g/mol. The van der Waals surface area contributed by atoms with Crippen molar-refractivity contribution in [3.63, 3.8) is 0 Å². The third-order valence-electron chi connectivity index (χ3n) is 3.49. The molecule has 0 spiro atoms. The summed E-state index contributed by atoms with van der Waals surface area (Å²) >= 11 is 0.774. The van der Waals surface area contributed by atoms with E-state index in [1.54, 1.807) is 0 Å². The molecule has 0 saturated heterocycles. The van der Waals surface area contributed by atoms with Crippen molar-refractivity contribution in [2.45, 2.75) is 35.9 Å². The Morgan fingerprint density at radius 2 is 2.10 bits per heavy atom. The molecule has 0 radical (unpaired) electrons. The summed E-state index contributed by atoms with van der Waals surface area (Å²) in [4.78, 5) is 10.2. The number of nitro groups is 1. The SMILES string of the molecule is CN(C1CCCC1)S(=O)(=O)c1cc([N+](=O)[O-])c(NN)s1. The molecule has 20 heavy (non-hydrogen) atoms. The van der Waals surface area contributed by atoms with Gasteiger partial charge in [-0.05, 0) is 12.8 Å². The van der Waals surface area contributed by atoms with E-state index in [2.05, 4.69) is 5.43 Å². The molecule has 1 aliphatic rings. The van der Waals surface area contributed by atoms with E-state index in [1.807, 2.05) is 0 Å². The van der Waals surface area contributed by atoms with E-state index in [-0.39, 0.29) is 20.9 Å². The molecule has 0 unspecified atom stereocenters. The van der Waals surface area contributed by atoms with Gasteiger partial charge in [-0.25, -0.2) is 14.3 Å². The van der Waals surface area contributed by atoms with Crippen LogP contribution in [0.5, 0.6) is 0 Å². The predicted octanol–water partition coefficient (Wildman–Crippen LogP) is 1.50. The van der Waals surface area contributed by atoms with Crippen molar-refractivity contribution in [1.29, 1.82) is 0 Å². The molecular formula is C10H16N4O4S2. The molecule has 112 valence electrons. The minimum Gasteiger partial charge on any atom is -0.310 e. The third kappa shape index (κ3) is 2.64. The first-order chi connectivity index (χ1) is 9.37. The molecule has 1 fully saturated rings. The minimum absolute atomic E-state index is 0.0320. The Morgan fingerprint density at radius 1 is 1.50 bits per heavy atom. The molecule has 1 aromatic heterocycles. The molecule has 10 heteroatoms. The second-order valence-corrected chi connectivity index (χ2v) is 7.92. The van der Waals surface area contributed by atoms with Gasteiger partial charge in [-0.1, -0.05) is 24.2 Å². The highest BCUT2D eigenvalue weighted by Gasteiger charge is 2.33. The zero-order valence-corrected chi connectivity index (χ0v) is 12.5. The van der Waals surface area contributed by atoms with E-state index >= 15 is 0 Å². The molecular weight excluding hydrogens is 304 g/mol. The van der Waals surface area contributed by atoms with Crippen molar-refractivity contribution in [1.82, 2.24) is 4.31 Å². The molecule has 1 aromatic rings. The van der Waals surface area contributed by atoms with E-state index in [0.29, 0.717) is 0 Å². The fourth-order valence-corrected chi connectivity index (χ4v) is 5.17. The maximum atomic E-state index is 12.5. The Bertz CT molecular complexity index is 607. The molecule has 0 aliphatic heterocycles. The van der Waals surface area contributed by atoms with Crippen molar-refractivity contribution >= 4 is 32.0 Å². The summed E-state index contributed by atoms with van der Waals surface area (Å²) in [7, 11) is -2.20. The van der Waals surface area contributed by atoms with Crippen LogP contribution in [0.15, 0.2) is 10.3 Å². The highest BCUT2D eigenvalue weighted by atomic mass is 32.2. The lowest BCUT2D eigenvalue weighted by atomic mass is 10.3. The first kappa shape index (κ1) is 15.2. The Balaban J connectivity index is 2.36. The van der Waals surface area contributed by atoms with Crippen LogP contribution in [0.2, 0.25) is 0 Å². The standard InChI is InChI=1S/C10H16N4O4S2/c1-13(7-4-2-3-5-7)20(17,18)9-6-8(14(15)16)10(12-11)19-9/h6-7,12H,2-5,11H2,1H3. The van der Waals surface area contributed by atoms with Crippen LogP contribution in [-0.4, -0.2) is 30.7 Å². The number of hydrogen-bond donors (Lipinski definition) is 2. The maximum absolute atomic E-state index is 12.5. The summed E-state index contributed by atoms with van der Waals surface area (Å²) in [6.45, 7) is 0. The van der Waals surface area contributed by atoms with Gasteiger partial charge in [-0.2, -0.15) is 4.31 Å². The summed E-state index contributed by atoms with van der Waals surface area (Å²) in [6, 6.07) is 1.02. The van der Waals surface area contributed by atoms with Crippen LogP contribution in [0.25, 0.3) is 0 Å². The Labute approximate surface area is 120 Å². The quantitative estimate of drug-likeness (QED) is 0.482. The number of nitrogen functional groups attached to an aromatic ring is 1. The average Bonchev–Trinajstić information content (AvgIpc) is 3.06. The fraction of sp³-hybridized carbons (Fsp3) is 0.600. The lowest BCUT2D eigenvalue weighted by molar-refractivity contribution is -0.383. The second-order valence-electron chi connectivity index (χ2n) is 4.64. The van der Waals surface area contributed by atoms with Gasteiger partial charge in [0.05, 0.1) is 4.92 Å². The average molecular weight is 320 g/mol. The van der Waals surface area contributed by atoms with Gasteiger partial charge in [0.2, 0.25) is 0 Å². The Morgan fingerprint density at radius 3 is 2.55 bits per heavy atom. The van der Waals surface area contributed by atoms with E-state index in [1.165, 1.54) is 11.4 Å². The van der Waals surface area contributed by atoms with Crippen LogP contribution < -0.4 is 11.3 Å². The number of hydrogen-bond acceptors (Lipinski definition) is 7. The van der Waals surface area contributed by atoms with Crippen molar-refractivity contribution in [2.24, 2.45) is 5.84 Å². The molecule has 0 amide bonds. The fourth-order valence-electron chi connectivity index (χ4n) is 2.33. The van der Waals surface area contributed by atoms with Crippen molar-refractivity contribution < 1.29 is 13.3 Å². The molecule has 2 rings (SSSR count). The number of thiophene rings is 1. The van der Waals surface area contributed by atoms with Gasteiger partial charge in [0.1, 0.15) is 4.21 Å². The van der Waals surface area contributed by atoms with Gasteiger partial charge < -0.3 is 5.43 Å². The van der Waals surface area contributed by atoms with Crippen molar-refractivity contribution in [3.8, 4) is 0 Å². The molecule has 0 atom stereocenters. The second kappa shape index (κ2) is 5.64. The van der Waals surface area contributed by atoms with Gasteiger partial charge in [0.15, 0.2) is 5.00 Å². The van der Waals surface area contributed by atoms with Gasteiger partial charge >= 0.3 is 5.69 Å². The number of nitrogens with one attached hydrogen (secondary N) is 1. The Hall–Kier alpha value is -1.23. The van der Waals surface area contributed by atoms with E-state index < -0.39 is 14.9 Å². The lowest BCUT2D eigenvalue weighted by Crippen LogP contribution is -2.34.